The average molecular weight is 410 g/mol. The number of para-hydroxylation sites is 1. The highest BCUT2D eigenvalue weighted by Gasteiger charge is 2.44. The third-order valence-electron chi connectivity index (χ3n) is 4.47. The van der Waals surface area contributed by atoms with E-state index in [0.717, 1.165) is 5.56 Å². The largest absolute Gasteiger partial charge is 0.480 e. The molecule has 0 bridgehead atoms. The Morgan fingerprint density at radius 3 is 2.48 bits per heavy atom. The van der Waals surface area contributed by atoms with Crippen LogP contribution in [0, 0.1) is 6.92 Å². The number of halogens is 4. The first-order valence-electron chi connectivity index (χ1n) is 8.84. The molecular formula is C18H27ClF3N3O2. The third kappa shape index (κ3) is 6.86. The number of carbonyl (C=O) groups excluding carboxylic acids is 1. The van der Waals surface area contributed by atoms with E-state index < -0.39 is 30.8 Å². The summed E-state index contributed by atoms with van der Waals surface area (Å²) in [5.41, 5.74) is 0.868. The molecule has 1 aliphatic rings. The van der Waals surface area contributed by atoms with Crippen molar-refractivity contribution in [3.63, 3.8) is 0 Å². The molecule has 2 unspecified atom stereocenters. The van der Waals surface area contributed by atoms with E-state index in [-0.39, 0.29) is 12.4 Å². The van der Waals surface area contributed by atoms with Crippen molar-refractivity contribution in [3.8, 4) is 5.75 Å². The topological polar surface area (TPSA) is 53.6 Å². The van der Waals surface area contributed by atoms with Gasteiger partial charge in [0.05, 0.1) is 0 Å². The Kier molecular flexibility index (Phi) is 9.35. The Bertz CT molecular complexity index is 595. The maximum atomic E-state index is 13.4. The van der Waals surface area contributed by atoms with Crippen LogP contribution < -0.4 is 15.4 Å². The van der Waals surface area contributed by atoms with Gasteiger partial charge >= 0.3 is 6.18 Å². The lowest BCUT2D eigenvalue weighted by molar-refractivity contribution is -0.184. The van der Waals surface area contributed by atoms with E-state index in [1.165, 1.54) is 4.90 Å². The van der Waals surface area contributed by atoms with E-state index in [0.29, 0.717) is 38.3 Å². The minimum Gasteiger partial charge on any atom is -0.480 e. The molecule has 9 heteroatoms. The van der Waals surface area contributed by atoms with Crippen LogP contribution in [-0.4, -0.2) is 61.9 Å². The van der Waals surface area contributed by atoms with E-state index in [9.17, 15) is 18.0 Å². The molecule has 154 valence electrons. The average Bonchev–Trinajstić information content (AvgIpc) is 2.61. The SMILES string of the molecule is CCC(Oc1ccccc1C)C(=O)NCC(N1CCNCC1)C(F)(F)F.Cl. The first-order valence-corrected chi connectivity index (χ1v) is 8.84. The highest BCUT2D eigenvalue weighted by atomic mass is 35.5. The second kappa shape index (κ2) is 10.7. The first kappa shape index (κ1) is 23.5. The number of hydrogen-bond donors (Lipinski definition) is 2. The summed E-state index contributed by atoms with van der Waals surface area (Å²) in [6, 6.07) is 5.54. The molecule has 1 aromatic carbocycles. The van der Waals surface area contributed by atoms with Crippen molar-refractivity contribution in [1.29, 1.82) is 0 Å². The summed E-state index contributed by atoms with van der Waals surface area (Å²) in [4.78, 5) is 13.7. The van der Waals surface area contributed by atoms with Gasteiger partial charge in [-0.1, -0.05) is 25.1 Å². The number of ether oxygens (including phenoxy) is 1. The lowest BCUT2D eigenvalue weighted by Gasteiger charge is -2.36. The van der Waals surface area contributed by atoms with Crippen LogP contribution in [0.1, 0.15) is 18.9 Å². The third-order valence-corrected chi connectivity index (χ3v) is 4.47. The lowest BCUT2D eigenvalue weighted by Crippen LogP contribution is -2.58. The molecule has 5 nitrogen and oxygen atoms in total. The number of carbonyl (C=O) groups is 1. The van der Waals surface area contributed by atoms with E-state index in [1.54, 1.807) is 19.1 Å². The van der Waals surface area contributed by atoms with Crippen molar-refractivity contribution >= 4 is 18.3 Å². The summed E-state index contributed by atoms with van der Waals surface area (Å²) < 4.78 is 45.9. The van der Waals surface area contributed by atoms with Gasteiger partial charge in [-0.15, -0.1) is 12.4 Å². The molecule has 1 aromatic rings. The zero-order chi connectivity index (χ0) is 19.2. The Labute approximate surface area is 164 Å². The molecule has 2 rings (SSSR count). The van der Waals surface area contributed by atoms with Gasteiger partial charge in [-0.3, -0.25) is 9.69 Å². The quantitative estimate of drug-likeness (QED) is 0.726. The molecule has 0 saturated carbocycles. The Morgan fingerprint density at radius 1 is 1.30 bits per heavy atom. The number of nitrogens with zero attached hydrogens (tertiary/aromatic N) is 1. The summed E-state index contributed by atoms with van der Waals surface area (Å²) in [6.45, 7) is 4.76. The molecule has 1 fully saturated rings. The Morgan fingerprint density at radius 2 is 1.93 bits per heavy atom. The van der Waals surface area contributed by atoms with E-state index in [2.05, 4.69) is 10.6 Å². The second-order valence-corrected chi connectivity index (χ2v) is 6.37. The molecule has 2 atom stereocenters. The molecule has 27 heavy (non-hydrogen) atoms. The molecule has 1 heterocycles. The fourth-order valence-corrected chi connectivity index (χ4v) is 2.92. The van der Waals surface area contributed by atoms with Crippen LogP contribution in [-0.2, 0) is 4.79 Å². The van der Waals surface area contributed by atoms with Crippen LogP contribution in [0.25, 0.3) is 0 Å². The van der Waals surface area contributed by atoms with Crippen molar-refractivity contribution < 1.29 is 22.7 Å². The first-order chi connectivity index (χ1) is 12.3. The van der Waals surface area contributed by atoms with E-state index in [4.69, 9.17) is 4.74 Å². The summed E-state index contributed by atoms with van der Waals surface area (Å²) in [5.74, 6) is 0.0316. The zero-order valence-corrected chi connectivity index (χ0v) is 16.3. The zero-order valence-electron chi connectivity index (χ0n) is 15.5. The van der Waals surface area contributed by atoms with Crippen LogP contribution in [0.2, 0.25) is 0 Å². The minimum atomic E-state index is -4.40. The highest BCUT2D eigenvalue weighted by molar-refractivity contribution is 5.85. The molecule has 2 N–H and O–H groups in total. The van der Waals surface area contributed by atoms with Gasteiger partial charge < -0.3 is 15.4 Å². The second-order valence-electron chi connectivity index (χ2n) is 6.37. The summed E-state index contributed by atoms with van der Waals surface area (Å²) in [5, 5.41) is 5.46. The van der Waals surface area contributed by atoms with Gasteiger partial charge in [-0.05, 0) is 25.0 Å². The van der Waals surface area contributed by atoms with Gasteiger partial charge in [0, 0.05) is 32.7 Å². The monoisotopic (exact) mass is 409 g/mol. The molecule has 1 aliphatic heterocycles. The molecule has 0 radical (unpaired) electrons. The maximum absolute atomic E-state index is 13.4. The number of aryl methyl sites for hydroxylation is 1. The predicted octanol–water partition coefficient (Wildman–Crippen LogP) is 2.53. The molecule has 1 amide bonds. The number of hydrogen-bond acceptors (Lipinski definition) is 4. The van der Waals surface area contributed by atoms with E-state index >= 15 is 0 Å². The van der Waals surface area contributed by atoms with E-state index in [1.807, 2.05) is 19.1 Å². The Balaban J connectivity index is 0.00000364. The molecule has 0 spiro atoms. The van der Waals surface area contributed by atoms with Crippen LogP contribution in [0.4, 0.5) is 13.2 Å². The summed E-state index contributed by atoms with van der Waals surface area (Å²) in [6.07, 6.45) is -4.86. The number of rotatable bonds is 7. The van der Waals surface area contributed by atoms with Crippen molar-refractivity contribution in [3.05, 3.63) is 29.8 Å². The standard InChI is InChI=1S/C18H26F3N3O2.ClH/c1-3-14(26-15-7-5-4-6-13(15)2)17(25)23-12-16(18(19,20)21)24-10-8-22-9-11-24;/h4-7,14,16,22H,3,8-12H2,1-2H3,(H,23,25);1H. The number of nitrogens with one attached hydrogen (secondary N) is 2. The fraction of sp³-hybridized carbons (Fsp3) is 0.611. The van der Waals surface area contributed by atoms with Crippen molar-refractivity contribution in [1.82, 2.24) is 15.5 Å². The molecule has 0 aliphatic carbocycles. The summed E-state index contributed by atoms with van der Waals surface area (Å²) >= 11 is 0. The molecule has 1 saturated heterocycles. The van der Waals surface area contributed by atoms with Gasteiger partial charge in [0.25, 0.3) is 5.91 Å². The number of benzene rings is 1. The molecule has 0 aromatic heterocycles. The maximum Gasteiger partial charge on any atom is 0.405 e. The smallest absolute Gasteiger partial charge is 0.405 e. The number of alkyl halides is 3. The van der Waals surface area contributed by atoms with Gasteiger partial charge in [0.2, 0.25) is 0 Å². The minimum absolute atomic E-state index is 0. The fourth-order valence-electron chi connectivity index (χ4n) is 2.92. The van der Waals surface area contributed by atoms with Crippen LogP contribution in [0.3, 0.4) is 0 Å². The van der Waals surface area contributed by atoms with Crippen LogP contribution in [0.5, 0.6) is 5.75 Å². The van der Waals surface area contributed by atoms with Crippen LogP contribution >= 0.6 is 12.4 Å². The predicted molar refractivity (Wildman–Crippen MR) is 100 cm³/mol. The number of piperazine rings is 1. The van der Waals surface area contributed by atoms with Crippen molar-refractivity contribution in [2.45, 2.75) is 38.6 Å². The van der Waals surface area contributed by atoms with Gasteiger partial charge in [0.1, 0.15) is 11.8 Å². The normalized spacial score (nSPS) is 17.5. The molecular weight excluding hydrogens is 383 g/mol. The van der Waals surface area contributed by atoms with Crippen LogP contribution in [0.15, 0.2) is 24.3 Å². The van der Waals surface area contributed by atoms with Gasteiger partial charge in [-0.2, -0.15) is 13.2 Å². The van der Waals surface area contributed by atoms with Crippen molar-refractivity contribution in [2.24, 2.45) is 0 Å². The summed E-state index contributed by atoms with van der Waals surface area (Å²) in [7, 11) is 0. The van der Waals surface area contributed by atoms with Gasteiger partial charge in [-0.25, -0.2) is 0 Å². The van der Waals surface area contributed by atoms with Gasteiger partial charge in [0.15, 0.2) is 6.10 Å². The Hall–Kier alpha value is -1.51. The van der Waals surface area contributed by atoms with Crippen molar-refractivity contribution in [2.75, 3.05) is 32.7 Å². The highest BCUT2D eigenvalue weighted by Crippen LogP contribution is 2.25. The number of amides is 1. The lowest BCUT2D eigenvalue weighted by atomic mass is 10.2.